The van der Waals surface area contributed by atoms with Crippen molar-refractivity contribution in [3.05, 3.63) is 38.7 Å². The lowest BCUT2D eigenvalue weighted by Crippen LogP contribution is -2.45. The lowest BCUT2D eigenvalue weighted by atomic mass is 9.99. The van der Waals surface area contributed by atoms with Crippen LogP contribution in [0.25, 0.3) is 0 Å². The number of benzene rings is 1. The number of anilines is 2. The maximum Gasteiger partial charge on any atom is 0.355 e. The van der Waals surface area contributed by atoms with Crippen molar-refractivity contribution in [2.75, 3.05) is 17.3 Å². The number of aryl methyl sites for hydroxylation is 2. The highest BCUT2D eigenvalue weighted by atomic mass is 35.5. The Bertz CT molecular complexity index is 1160. The minimum atomic E-state index is -3.45. The third-order valence-corrected chi connectivity index (χ3v) is 9.27. The van der Waals surface area contributed by atoms with Gasteiger partial charge in [-0.15, -0.1) is 15.7 Å². The second kappa shape index (κ2) is 6.72. The van der Waals surface area contributed by atoms with Crippen LogP contribution in [0.15, 0.2) is 20.7 Å². The summed E-state index contributed by atoms with van der Waals surface area (Å²) in [5.41, 5.74) is 6.13. The molecular formula is C19H19ClN4O3S2. The second-order valence-corrected chi connectivity index (χ2v) is 11.3. The van der Waals surface area contributed by atoms with Gasteiger partial charge in [0.25, 0.3) is 0 Å². The maximum absolute atomic E-state index is 13.4. The summed E-state index contributed by atoms with van der Waals surface area (Å²) in [7, 11) is -1.90. The van der Waals surface area contributed by atoms with E-state index in [0.717, 1.165) is 66.7 Å². The first-order chi connectivity index (χ1) is 13.9. The number of amides is 4. The van der Waals surface area contributed by atoms with E-state index in [1.807, 2.05) is 0 Å². The highest BCUT2D eigenvalue weighted by Crippen LogP contribution is 2.41. The summed E-state index contributed by atoms with van der Waals surface area (Å²) >= 11 is 7.12. The molecule has 7 nitrogen and oxygen atoms in total. The summed E-state index contributed by atoms with van der Waals surface area (Å²) in [5, 5.41) is 2.90. The molecule has 0 bridgehead atoms. The lowest BCUT2D eigenvalue weighted by molar-refractivity contribution is 0.252. The Hall–Kier alpha value is -2.10. The molecule has 4 amide bonds. The van der Waals surface area contributed by atoms with Crippen molar-refractivity contribution in [1.29, 1.82) is 0 Å². The number of fused-ring (bicyclic) bond motifs is 3. The Morgan fingerprint density at radius 2 is 1.86 bits per heavy atom. The van der Waals surface area contributed by atoms with Crippen LogP contribution in [0.1, 0.15) is 35.1 Å². The van der Waals surface area contributed by atoms with E-state index in [-0.39, 0.29) is 4.21 Å². The van der Waals surface area contributed by atoms with Gasteiger partial charge in [-0.25, -0.2) is 18.5 Å². The van der Waals surface area contributed by atoms with Crippen LogP contribution in [0.2, 0.25) is 4.34 Å². The Morgan fingerprint density at radius 1 is 1.21 bits per heavy atom. The molecule has 2 aliphatic carbocycles. The van der Waals surface area contributed by atoms with Crippen LogP contribution in [-0.4, -0.2) is 23.3 Å². The van der Waals surface area contributed by atoms with Crippen LogP contribution in [0.3, 0.4) is 0 Å². The molecule has 0 fully saturated rings. The Balaban J connectivity index is 1.55. The fraction of sp³-hybridized carbons (Fsp3) is 0.368. The molecule has 5 rings (SSSR count). The van der Waals surface area contributed by atoms with Gasteiger partial charge >= 0.3 is 12.1 Å². The van der Waals surface area contributed by atoms with Crippen molar-refractivity contribution in [1.82, 2.24) is 4.72 Å². The molecule has 0 radical (unpaired) electrons. The number of carbonyl (C=O) groups excluding carboxylic acids is 2. The Morgan fingerprint density at radius 3 is 2.52 bits per heavy atom. The highest BCUT2D eigenvalue weighted by molar-refractivity contribution is 7.95. The molecular weight excluding hydrogens is 432 g/mol. The van der Waals surface area contributed by atoms with E-state index in [4.69, 9.17) is 11.6 Å². The third-order valence-electron chi connectivity index (χ3n) is 5.71. The molecule has 29 heavy (non-hydrogen) atoms. The zero-order valence-electron chi connectivity index (χ0n) is 15.7. The maximum atomic E-state index is 13.4. The normalized spacial score (nSPS) is 22.0. The summed E-state index contributed by atoms with van der Waals surface area (Å²) in [6, 6.07) is 2.53. The summed E-state index contributed by atoms with van der Waals surface area (Å²) in [6.45, 7) is 0. The van der Waals surface area contributed by atoms with Gasteiger partial charge in [-0.1, -0.05) is 17.7 Å². The number of carbonyl (C=O) groups is 2. The molecule has 1 aromatic heterocycles. The van der Waals surface area contributed by atoms with Crippen LogP contribution in [0, 0.1) is 0 Å². The standard InChI is InChI=1S/C19H19ClN4O3S2/c1-24-14-9-15(20)28-17(14)29(27,23-19(24)26)22-18(25)21-16-12-6-2-4-10(12)8-11-5-3-7-13(11)16/h8-9H,2-7H2,1H3,(H2,21,22,23,25,26,27). The molecule has 0 saturated heterocycles. The first-order valence-electron chi connectivity index (χ1n) is 9.45. The quantitative estimate of drug-likeness (QED) is 0.669. The van der Waals surface area contributed by atoms with E-state index in [2.05, 4.69) is 20.5 Å². The van der Waals surface area contributed by atoms with E-state index in [9.17, 15) is 13.8 Å². The molecule has 152 valence electrons. The minimum Gasteiger partial charge on any atom is -0.305 e. The molecule has 1 aromatic carbocycles. The zero-order chi connectivity index (χ0) is 20.3. The monoisotopic (exact) mass is 450 g/mol. The average molecular weight is 451 g/mol. The molecule has 2 N–H and O–H groups in total. The fourth-order valence-electron chi connectivity index (χ4n) is 4.39. The van der Waals surface area contributed by atoms with Gasteiger partial charge in [0, 0.05) is 12.7 Å². The summed E-state index contributed by atoms with van der Waals surface area (Å²) in [6.07, 6.45) is 5.99. The smallest absolute Gasteiger partial charge is 0.305 e. The van der Waals surface area contributed by atoms with E-state index >= 15 is 0 Å². The van der Waals surface area contributed by atoms with Gasteiger partial charge in [0.15, 0.2) is 9.92 Å². The number of urea groups is 2. The van der Waals surface area contributed by atoms with Gasteiger partial charge in [-0.05, 0) is 66.8 Å². The first-order valence-corrected chi connectivity index (χ1v) is 12.2. The number of hydrogen-bond donors (Lipinski definition) is 2. The number of hydrogen-bond acceptors (Lipinski definition) is 4. The highest BCUT2D eigenvalue weighted by Gasteiger charge is 2.34. The van der Waals surface area contributed by atoms with Gasteiger partial charge in [-0.3, -0.25) is 4.90 Å². The topological polar surface area (TPSA) is 90.9 Å². The molecule has 10 heteroatoms. The minimum absolute atomic E-state index is 0.281. The fourth-order valence-corrected chi connectivity index (χ4v) is 7.82. The van der Waals surface area contributed by atoms with Gasteiger partial charge < -0.3 is 5.32 Å². The molecule has 1 unspecified atom stereocenters. The van der Waals surface area contributed by atoms with Gasteiger partial charge in [0.05, 0.1) is 10.0 Å². The van der Waals surface area contributed by atoms with E-state index in [1.165, 1.54) is 16.0 Å². The van der Waals surface area contributed by atoms with Crippen LogP contribution in [0.5, 0.6) is 0 Å². The van der Waals surface area contributed by atoms with Gasteiger partial charge in [0.1, 0.15) is 4.21 Å². The molecule has 1 atom stereocenters. The number of rotatable bonds is 1. The predicted molar refractivity (Wildman–Crippen MR) is 115 cm³/mol. The van der Waals surface area contributed by atoms with Crippen molar-refractivity contribution < 1.29 is 13.8 Å². The summed E-state index contributed by atoms with van der Waals surface area (Å²) in [5.74, 6) is 0. The van der Waals surface area contributed by atoms with Crippen molar-refractivity contribution in [3.8, 4) is 0 Å². The molecule has 0 spiro atoms. The van der Waals surface area contributed by atoms with Crippen LogP contribution in [-0.2, 0) is 35.6 Å². The van der Waals surface area contributed by atoms with E-state index in [1.54, 1.807) is 13.1 Å². The van der Waals surface area contributed by atoms with Crippen molar-refractivity contribution in [2.24, 2.45) is 4.36 Å². The van der Waals surface area contributed by atoms with Crippen molar-refractivity contribution in [3.63, 3.8) is 0 Å². The number of nitrogens with one attached hydrogen (secondary N) is 2. The molecule has 3 aliphatic rings. The Kier molecular flexibility index (Phi) is 4.38. The van der Waals surface area contributed by atoms with E-state index in [0.29, 0.717) is 10.0 Å². The molecule has 2 heterocycles. The lowest BCUT2D eigenvalue weighted by Gasteiger charge is -2.25. The van der Waals surface area contributed by atoms with E-state index < -0.39 is 22.0 Å². The van der Waals surface area contributed by atoms with Gasteiger partial charge in [0.2, 0.25) is 0 Å². The zero-order valence-corrected chi connectivity index (χ0v) is 18.1. The van der Waals surface area contributed by atoms with Crippen molar-refractivity contribution >= 4 is 56.3 Å². The summed E-state index contributed by atoms with van der Waals surface area (Å²) in [4.78, 5) is 26.4. The largest absolute Gasteiger partial charge is 0.355 e. The molecule has 0 saturated carbocycles. The number of thiophene rings is 1. The van der Waals surface area contributed by atoms with Crippen LogP contribution in [0.4, 0.5) is 21.0 Å². The van der Waals surface area contributed by atoms with Crippen LogP contribution < -0.4 is 14.9 Å². The third kappa shape index (κ3) is 3.03. The van der Waals surface area contributed by atoms with Gasteiger partial charge in [-0.2, -0.15) is 0 Å². The summed E-state index contributed by atoms with van der Waals surface area (Å²) < 4.78 is 20.4. The average Bonchev–Trinajstić information content (AvgIpc) is 3.38. The second-order valence-electron chi connectivity index (χ2n) is 7.47. The number of nitrogens with zero attached hydrogens (tertiary/aromatic N) is 2. The van der Waals surface area contributed by atoms with Crippen LogP contribution >= 0.6 is 22.9 Å². The molecule has 2 aromatic rings. The SMILES string of the molecule is CN1C(=O)NS(=O)(=NC(=O)Nc2c3c(cc4c2CCC4)CCC3)c2sc(Cl)cc21. The first kappa shape index (κ1) is 18.9. The number of halogens is 1. The van der Waals surface area contributed by atoms with Crippen molar-refractivity contribution in [2.45, 2.75) is 42.7 Å². The Labute approximate surface area is 177 Å². The molecule has 1 aliphatic heterocycles. The predicted octanol–water partition coefficient (Wildman–Crippen LogP) is 4.51.